The van der Waals surface area contributed by atoms with E-state index in [0.717, 1.165) is 4.88 Å². The topological polar surface area (TPSA) is 83.4 Å². The molecule has 1 unspecified atom stereocenters. The zero-order valence-corrected chi connectivity index (χ0v) is 15.3. The normalized spacial score (nSPS) is 18.9. The second kappa shape index (κ2) is 6.94. The minimum atomic E-state index is -0.803. The number of hydrogen-bond acceptors (Lipinski definition) is 6. The van der Waals surface area contributed by atoms with Crippen LogP contribution >= 0.6 is 22.9 Å². The number of benzene rings is 1. The molecule has 27 heavy (non-hydrogen) atoms. The predicted octanol–water partition coefficient (Wildman–Crippen LogP) is 3.82. The molecule has 0 spiro atoms. The van der Waals surface area contributed by atoms with Crippen LogP contribution < -0.4 is 4.90 Å². The van der Waals surface area contributed by atoms with Gasteiger partial charge in [0.2, 0.25) is 5.95 Å². The molecule has 2 aromatic heterocycles. The molecule has 3 heterocycles. The summed E-state index contributed by atoms with van der Waals surface area (Å²) in [6.07, 6.45) is 2.98. The highest BCUT2D eigenvalue weighted by Crippen LogP contribution is 2.42. The third-order valence-corrected chi connectivity index (χ3v) is 5.32. The molecule has 0 aliphatic carbocycles. The molecular weight excluding hydrogens is 386 g/mol. The van der Waals surface area contributed by atoms with Crippen molar-refractivity contribution in [1.82, 2.24) is 9.97 Å². The van der Waals surface area contributed by atoms with E-state index in [4.69, 9.17) is 11.6 Å². The lowest BCUT2D eigenvalue weighted by Gasteiger charge is -2.21. The fourth-order valence-electron chi connectivity index (χ4n) is 2.93. The van der Waals surface area contributed by atoms with Crippen LogP contribution in [0.2, 0.25) is 5.02 Å². The highest BCUT2D eigenvalue weighted by Gasteiger charge is 2.48. The van der Waals surface area contributed by atoms with Gasteiger partial charge in [0.05, 0.1) is 5.57 Å². The summed E-state index contributed by atoms with van der Waals surface area (Å²) in [5.41, 5.74) is 0.394. The van der Waals surface area contributed by atoms with Gasteiger partial charge in [-0.3, -0.25) is 14.5 Å². The largest absolute Gasteiger partial charge is 0.507 e. The number of nitrogens with zero attached hydrogens (tertiary/aromatic N) is 3. The van der Waals surface area contributed by atoms with Gasteiger partial charge in [0.15, 0.2) is 0 Å². The highest BCUT2D eigenvalue weighted by molar-refractivity contribution is 7.10. The molecule has 6 nitrogen and oxygen atoms in total. The van der Waals surface area contributed by atoms with E-state index in [1.165, 1.54) is 28.6 Å². The van der Waals surface area contributed by atoms with E-state index in [9.17, 15) is 14.7 Å². The molecule has 0 radical (unpaired) electrons. The molecule has 1 aliphatic rings. The fourth-order valence-corrected chi connectivity index (χ4v) is 3.88. The van der Waals surface area contributed by atoms with E-state index in [0.29, 0.717) is 10.6 Å². The van der Waals surface area contributed by atoms with Crippen molar-refractivity contribution in [3.63, 3.8) is 0 Å². The molecule has 0 bridgehead atoms. The molecule has 1 N–H and O–H groups in total. The molecule has 1 aromatic carbocycles. The number of amides is 1. The molecule has 4 rings (SSSR count). The monoisotopic (exact) mass is 397 g/mol. The minimum Gasteiger partial charge on any atom is -0.507 e. The molecule has 1 fully saturated rings. The number of aliphatic hydroxyl groups is 1. The Morgan fingerprint density at radius 1 is 1.07 bits per heavy atom. The average molecular weight is 398 g/mol. The number of anilines is 1. The van der Waals surface area contributed by atoms with E-state index >= 15 is 0 Å². The Kier molecular flexibility index (Phi) is 4.47. The van der Waals surface area contributed by atoms with Gasteiger partial charge in [-0.2, -0.15) is 0 Å². The maximum absolute atomic E-state index is 12.8. The van der Waals surface area contributed by atoms with Crippen molar-refractivity contribution < 1.29 is 14.7 Å². The second-order valence-corrected chi connectivity index (χ2v) is 7.16. The number of Topliss-reactive ketones (excluding diaryl/α,β-unsaturated/α-hetero) is 1. The Labute approximate surface area is 163 Å². The average Bonchev–Trinajstić information content (AvgIpc) is 3.30. The Balaban J connectivity index is 1.92. The SMILES string of the molecule is O=C1C(=O)N(c2ncccn2)C(c2cccs2)/C1=C(/O)c1ccc(Cl)cc1. The van der Waals surface area contributed by atoms with Gasteiger partial charge in [0, 0.05) is 27.9 Å². The molecule has 1 atom stereocenters. The number of aromatic nitrogens is 2. The van der Waals surface area contributed by atoms with Crippen molar-refractivity contribution in [2.75, 3.05) is 4.90 Å². The summed E-state index contributed by atoms with van der Waals surface area (Å²) < 4.78 is 0. The van der Waals surface area contributed by atoms with Gasteiger partial charge in [-0.05, 0) is 41.8 Å². The summed E-state index contributed by atoms with van der Waals surface area (Å²) in [6.45, 7) is 0. The van der Waals surface area contributed by atoms with Gasteiger partial charge in [0.25, 0.3) is 5.78 Å². The summed E-state index contributed by atoms with van der Waals surface area (Å²) in [7, 11) is 0. The van der Waals surface area contributed by atoms with Crippen molar-refractivity contribution in [2.24, 2.45) is 0 Å². The summed E-state index contributed by atoms with van der Waals surface area (Å²) in [5, 5.41) is 13.2. The van der Waals surface area contributed by atoms with E-state index in [1.807, 2.05) is 11.4 Å². The van der Waals surface area contributed by atoms with Crippen molar-refractivity contribution in [2.45, 2.75) is 6.04 Å². The van der Waals surface area contributed by atoms with Crippen LogP contribution in [-0.4, -0.2) is 26.8 Å². The van der Waals surface area contributed by atoms with Gasteiger partial charge in [-0.1, -0.05) is 17.7 Å². The van der Waals surface area contributed by atoms with Crippen molar-refractivity contribution in [3.05, 3.63) is 81.3 Å². The smallest absolute Gasteiger partial charge is 0.302 e. The highest BCUT2D eigenvalue weighted by atomic mass is 35.5. The van der Waals surface area contributed by atoms with Crippen molar-refractivity contribution in [3.8, 4) is 0 Å². The predicted molar refractivity (Wildman–Crippen MR) is 103 cm³/mol. The van der Waals surface area contributed by atoms with E-state index < -0.39 is 17.7 Å². The molecule has 1 aliphatic heterocycles. The van der Waals surface area contributed by atoms with Crippen LogP contribution in [0.15, 0.2) is 65.8 Å². The van der Waals surface area contributed by atoms with Crippen LogP contribution in [0.1, 0.15) is 16.5 Å². The quantitative estimate of drug-likeness (QED) is 0.412. The van der Waals surface area contributed by atoms with Crippen LogP contribution in [0.5, 0.6) is 0 Å². The van der Waals surface area contributed by atoms with Crippen LogP contribution in [0.4, 0.5) is 5.95 Å². The number of thiophene rings is 1. The van der Waals surface area contributed by atoms with E-state index in [1.54, 1.807) is 36.4 Å². The first kappa shape index (κ1) is 17.4. The number of aliphatic hydroxyl groups excluding tert-OH is 1. The Morgan fingerprint density at radius 3 is 2.41 bits per heavy atom. The first-order chi connectivity index (χ1) is 13.1. The minimum absolute atomic E-state index is 0.00257. The number of hydrogen-bond donors (Lipinski definition) is 1. The summed E-state index contributed by atoms with van der Waals surface area (Å²) >= 11 is 7.27. The van der Waals surface area contributed by atoms with E-state index in [2.05, 4.69) is 9.97 Å². The lowest BCUT2D eigenvalue weighted by Crippen LogP contribution is -2.30. The van der Waals surface area contributed by atoms with Crippen LogP contribution in [0.3, 0.4) is 0 Å². The summed E-state index contributed by atoms with van der Waals surface area (Å²) in [5.74, 6) is -1.72. The first-order valence-electron chi connectivity index (χ1n) is 7.95. The first-order valence-corrected chi connectivity index (χ1v) is 9.21. The Bertz CT molecular complexity index is 1030. The zero-order valence-electron chi connectivity index (χ0n) is 13.7. The van der Waals surface area contributed by atoms with Gasteiger partial charge in [0.1, 0.15) is 11.8 Å². The summed E-state index contributed by atoms with van der Waals surface area (Å²) in [6, 6.07) is 10.8. The molecule has 134 valence electrons. The zero-order chi connectivity index (χ0) is 19.0. The lowest BCUT2D eigenvalue weighted by atomic mass is 10.00. The van der Waals surface area contributed by atoms with E-state index in [-0.39, 0.29) is 17.3 Å². The molecule has 1 saturated heterocycles. The number of rotatable bonds is 3. The molecule has 1 amide bonds. The van der Waals surface area contributed by atoms with Crippen molar-refractivity contribution >= 4 is 46.3 Å². The Morgan fingerprint density at radius 2 is 1.78 bits per heavy atom. The number of carbonyl (C=O) groups excluding carboxylic acids is 2. The fraction of sp³-hybridized carbons (Fsp3) is 0.0526. The second-order valence-electron chi connectivity index (χ2n) is 5.74. The Hall–Kier alpha value is -3.03. The third kappa shape index (κ3) is 3.01. The van der Waals surface area contributed by atoms with Crippen molar-refractivity contribution in [1.29, 1.82) is 0 Å². The molecule has 3 aromatic rings. The van der Waals surface area contributed by atoms with Crippen LogP contribution in [0, 0.1) is 0 Å². The maximum atomic E-state index is 12.8. The summed E-state index contributed by atoms with van der Waals surface area (Å²) in [4.78, 5) is 35.7. The number of halogens is 1. The molecule has 8 heteroatoms. The van der Waals surface area contributed by atoms with Crippen LogP contribution in [0.25, 0.3) is 5.76 Å². The number of ketones is 1. The molecule has 0 saturated carbocycles. The van der Waals surface area contributed by atoms with Crippen LogP contribution in [-0.2, 0) is 9.59 Å². The van der Waals surface area contributed by atoms with Gasteiger partial charge < -0.3 is 5.11 Å². The number of carbonyl (C=O) groups is 2. The van der Waals surface area contributed by atoms with Gasteiger partial charge >= 0.3 is 5.91 Å². The maximum Gasteiger partial charge on any atom is 0.302 e. The lowest BCUT2D eigenvalue weighted by molar-refractivity contribution is -0.132. The standard InChI is InChI=1S/C19H12ClN3O3S/c20-12-6-4-11(5-7-12)16(24)14-15(13-3-1-10-27-13)23(18(26)17(14)25)19-21-8-2-9-22-19/h1-10,15,24H/b16-14-. The molecular formula is C19H12ClN3O3S. The third-order valence-electron chi connectivity index (χ3n) is 4.14. The van der Waals surface area contributed by atoms with Gasteiger partial charge in [-0.25, -0.2) is 9.97 Å². The van der Waals surface area contributed by atoms with Gasteiger partial charge in [-0.15, -0.1) is 11.3 Å².